The van der Waals surface area contributed by atoms with Crippen molar-refractivity contribution < 1.29 is 0 Å². The zero-order valence-electron chi connectivity index (χ0n) is 11.0. The van der Waals surface area contributed by atoms with Crippen molar-refractivity contribution in [3.8, 4) is 0 Å². The average Bonchev–Trinajstić information content (AvgIpc) is 2.40. The van der Waals surface area contributed by atoms with E-state index >= 15 is 0 Å². The van der Waals surface area contributed by atoms with Gasteiger partial charge in [0.25, 0.3) is 0 Å². The molecule has 1 heteroatoms. The maximum absolute atomic E-state index is 4.79. The highest BCUT2D eigenvalue weighted by atomic mass is 14.7. The van der Waals surface area contributed by atoms with Gasteiger partial charge in [-0.25, -0.2) is 0 Å². The molecular weight excluding hydrogens is 218 g/mol. The van der Waals surface area contributed by atoms with Crippen LogP contribution in [-0.4, -0.2) is 5.71 Å². The molecule has 0 N–H and O–H groups in total. The summed E-state index contributed by atoms with van der Waals surface area (Å²) < 4.78 is 0. The number of aliphatic imine (C=N–C) groups is 1. The van der Waals surface area contributed by atoms with Crippen molar-refractivity contribution in [2.45, 2.75) is 20.3 Å². The molecule has 0 bridgehead atoms. The smallest absolute Gasteiger partial charge is 0.0633 e. The van der Waals surface area contributed by atoms with E-state index in [0.29, 0.717) is 5.92 Å². The summed E-state index contributed by atoms with van der Waals surface area (Å²) in [5.41, 5.74) is 3.41. The maximum atomic E-state index is 4.79. The highest BCUT2D eigenvalue weighted by molar-refractivity contribution is 6.02. The number of nitrogens with zero attached hydrogens (tertiary/aromatic N) is 1. The Hall–Kier alpha value is -1.89. The predicted octanol–water partition coefficient (Wildman–Crippen LogP) is 4.85. The molecule has 92 valence electrons. The van der Waals surface area contributed by atoms with Gasteiger partial charge in [0, 0.05) is 5.71 Å². The number of rotatable bonds is 4. The molecule has 0 unspecified atom stereocenters. The average molecular weight is 237 g/mol. The van der Waals surface area contributed by atoms with Gasteiger partial charge in [-0.1, -0.05) is 62.4 Å². The third kappa shape index (κ3) is 3.56. The lowest BCUT2D eigenvalue weighted by atomic mass is 10.00. The van der Waals surface area contributed by atoms with Gasteiger partial charge in [0.15, 0.2) is 0 Å². The lowest BCUT2D eigenvalue weighted by Gasteiger charge is -2.09. The Morgan fingerprint density at radius 3 is 2.00 bits per heavy atom. The zero-order valence-corrected chi connectivity index (χ0v) is 11.0. The van der Waals surface area contributed by atoms with Crippen LogP contribution in [0.25, 0.3) is 0 Å². The van der Waals surface area contributed by atoms with Gasteiger partial charge in [0.2, 0.25) is 0 Å². The van der Waals surface area contributed by atoms with Gasteiger partial charge < -0.3 is 0 Å². The minimum atomic E-state index is 0.604. The second kappa shape index (κ2) is 6.15. The molecule has 0 aliphatic rings. The van der Waals surface area contributed by atoms with Gasteiger partial charge in [-0.05, 0) is 30.0 Å². The molecule has 0 aliphatic carbocycles. The quantitative estimate of drug-likeness (QED) is 0.674. The van der Waals surface area contributed by atoms with Crippen molar-refractivity contribution in [1.82, 2.24) is 0 Å². The third-order valence-electron chi connectivity index (χ3n) is 2.73. The Labute approximate surface area is 109 Å². The topological polar surface area (TPSA) is 12.4 Å². The van der Waals surface area contributed by atoms with Crippen LogP contribution in [0.5, 0.6) is 0 Å². The van der Waals surface area contributed by atoms with E-state index in [1.54, 1.807) is 0 Å². The molecule has 0 heterocycles. The van der Waals surface area contributed by atoms with E-state index in [1.807, 2.05) is 36.4 Å². The summed E-state index contributed by atoms with van der Waals surface area (Å²) >= 11 is 0. The van der Waals surface area contributed by atoms with E-state index in [9.17, 15) is 0 Å². The highest BCUT2D eigenvalue weighted by Gasteiger charge is 2.06. The fraction of sp³-hybridized carbons (Fsp3) is 0.235. The number of hydrogen-bond acceptors (Lipinski definition) is 1. The molecule has 0 saturated carbocycles. The summed E-state index contributed by atoms with van der Waals surface area (Å²) in [5.74, 6) is 0.604. The standard InChI is InChI=1S/C17H19N/c1-14(2)13-17(15-9-5-3-6-10-15)18-16-11-7-4-8-12-16/h3-12,14H,13H2,1-2H3. The first-order valence-corrected chi connectivity index (χ1v) is 6.44. The first-order chi connectivity index (χ1) is 8.75. The molecule has 2 aromatic rings. The predicted molar refractivity (Wildman–Crippen MR) is 78.5 cm³/mol. The minimum absolute atomic E-state index is 0.604. The molecule has 1 nitrogen and oxygen atoms in total. The monoisotopic (exact) mass is 237 g/mol. The Morgan fingerprint density at radius 2 is 1.44 bits per heavy atom. The Kier molecular flexibility index (Phi) is 4.30. The second-order valence-electron chi connectivity index (χ2n) is 4.86. The molecule has 0 aliphatic heterocycles. The summed E-state index contributed by atoms with van der Waals surface area (Å²) in [6.07, 6.45) is 0.999. The largest absolute Gasteiger partial charge is 0.253 e. The van der Waals surface area contributed by atoms with E-state index in [0.717, 1.165) is 17.8 Å². The van der Waals surface area contributed by atoms with E-state index in [4.69, 9.17) is 4.99 Å². The van der Waals surface area contributed by atoms with Gasteiger partial charge in [0.1, 0.15) is 0 Å². The Morgan fingerprint density at radius 1 is 0.889 bits per heavy atom. The van der Waals surface area contributed by atoms with Gasteiger partial charge in [-0.2, -0.15) is 0 Å². The van der Waals surface area contributed by atoms with Crippen LogP contribution in [0.1, 0.15) is 25.8 Å². The normalized spacial score (nSPS) is 11.8. The summed E-state index contributed by atoms with van der Waals surface area (Å²) in [6, 6.07) is 20.6. The summed E-state index contributed by atoms with van der Waals surface area (Å²) in [4.78, 5) is 4.79. The fourth-order valence-corrected chi connectivity index (χ4v) is 1.90. The van der Waals surface area contributed by atoms with Crippen molar-refractivity contribution in [2.24, 2.45) is 10.9 Å². The molecule has 0 radical (unpaired) electrons. The zero-order chi connectivity index (χ0) is 12.8. The number of hydrogen-bond donors (Lipinski definition) is 0. The molecular formula is C17H19N. The van der Waals surface area contributed by atoms with Crippen LogP contribution < -0.4 is 0 Å². The molecule has 0 spiro atoms. The second-order valence-corrected chi connectivity index (χ2v) is 4.86. The summed E-state index contributed by atoms with van der Waals surface area (Å²) in [6.45, 7) is 4.45. The molecule has 0 amide bonds. The van der Waals surface area contributed by atoms with Crippen molar-refractivity contribution in [2.75, 3.05) is 0 Å². The third-order valence-corrected chi connectivity index (χ3v) is 2.73. The molecule has 0 aromatic heterocycles. The Bertz CT molecular complexity index is 498. The van der Waals surface area contributed by atoms with Crippen molar-refractivity contribution in [3.05, 3.63) is 66.2 Å². The van der Waals surface area contributed by atoms with Gasteiger partial charge in [0.05, 0.1) is 5.69 Å². The lowest BCUT2D eigenvalue weighted by Crippen LogP contribution is -2.04. The SMILES string of the molecule is CC(C)CC(=Nc1ccccc1)c1ccccc1. The van der Waals surface area contributed by atoms with Crippen molar-refractivity contribution >= 4 is 11.4 Å². The lowest BCUT2D eigenvalue weighted by molar-refractivity contribution is 0.684. The van der Waals surface area contributed by atoms with Crippen LogP contribution >= 0.6 is 0 Å². The van der Waals surface area contributed by atoms with E-state index < -0.39 is 0 Å². The number of benzene rings is 2. The molecule has 0 saturated heterocycles. The van der Waals surface area contributed by atoms with Crippen LogP contribution in [0.3, 0.4) is 0 Å². The van der Waals surface area contributed by atoms with Crippen LogP contribution in [0.15, 0.2) is 65.7 Å². The summed E-state index contributed by atoms with van der Waals surface area (Å²) in [7, 11) is 0. The fourth-order valence-electron chi connectivity index (χ4n) is 1.90. The highest BCUT2D eigenvalue weighted by Crippen LogP contribution is 2.17. The van der Waals surface area contributed by atoms with Gasteiger partial charge in [-0.15, -0.1) is 0 Å². The number of para-hydroxylation sites is 1. The van der Waals surface area contributed by atoms with Gasteiger partial charge in [-0.3, -0.25) is 4.99 Å². The van der Waals surface area contributed by atoms with E-state index in [2.05, 4.69) is 38.1 Å². The molecule has 2 aromatic carbocycles. The van der Waals surface area contributed by atoms with Crippen LogP contribution in [0, 0.1) is 5.92 Å². The van der Waals surface area contributed by atoms with Crippen LogP contribution in [0.4, 0.5) is 5.69 Å². The van der Waals surface area contributed by atoms with Crippen molar-refractivity contribution in [1.29, 1.82) is 0 Å². The van der Waals surface area contributed by atoms with Gasteiger partial charge >= 0.3 is 0 Å². The van der Waals surface area contributed by atoms with Crippen molar-refractivity contribution in [3.63, 3.8) is 0 Å². The maximum Gasteiger partial charge on any atom is 0.0633 e. The Balaban J connectivity index is 2.34. The first kappa shape index (κ1) is 12.6. The first-order valence-electron chi connectivity index (χ1n) is 6.44. The molecule has 2 rings (SSSR count). The summed E-state index contributed by atoms with van der Waals surface area (Å²) in [5, 5.41) is 0. The van der Waals surface area contributed by atoms with Crippen LogP contribution in [-0.2, 0) is 0 Å². The van der Waals surface area contributed by atoms with E-state index in [1.165, 1.54) is 5.56 Å². The van der Waals surface area contributed by atoms with Crippen LogP contribution in [0.2, 0.25) is 0 Å². The minimum Gasteiger partial charge on any atom is -0.253 e. The molecule has 18 heavy (non-hydrogen) atoms. The van der Waals surface area contributed by atoms with E-state index in [-0.39, 0.29) is 0 Å². The molecule has 0 atom stereocenters. The molecule has 0 fully saturated rings.